The maximum Gasteiger partial charge on any atom is 0.410 e. The molecule has 6 atom stereocenters. The molecule has 290 valence electrons. The summed E-state index contributed by atoms with van der Waals surface area (Å²) in [4.78, 5) is 55.0. The lowest BCUT2D eigenvalue weighted by molar-refractivity contribution is 0.00616. The van der Waals surface area contributed by atoms with Crippen molar-refractivity contribution >= 4 is 24.4 Å². The molecule has 2 aromatic carbocycles. The molecule has 12 nitrogen and oxygen atoms in total. The van der Waals surface area contributed by atoms with Crippen molar-refractivity contribution in [1.82, 2.24) is 20.0 Å². The maximum atomic E-state index is 12.6. The molecule has 4 bridgehead atoms. The minimum Gasteiger partial charge on any atom is -0.445 e. The maximum absolute atomic E-state index is 12.6. The fraction of sp³-hybridized carbons (Fsp3) is 0.610. The first kappa shape index (κ1) is 39.7. The van der Waals surface area contributed by atoms with E-state index in [1.807, 2.05) is 112 Å². The summed E-state index contributed by atoms with van der Waals surface area (Å²) in [7, 11) is 1.79. The topological polar surface area (TPSA) is 127 Å². The summed E-state index contributed by atoms with van der Waals surface area (Å²) in [6.45, 7) is 11.7. The van der Waals surface area contributed by atoms with Gasteiger partial charge in [0.2, 0.25) is 0 Å². The summed E-state index contributed by atoms with van der Waals surface area (Å²) < 4.78 is 21.9. The van der Waals surface area contributed by atoms with Crippen molar-refractivity contribution in [3.05, 3.63) is 71.8 Å². The molecule has 6 rings (SSSR count). The average Bonchev–Trinajstić information content (AvgIpc) is 3.52. The van der Waals surface area contributed by atoms with Gasteiger partial charge in [-0.3, -0.25) is 0 Å². The molecule has 4 fully saturated rings. The van der Waals surface area contributed by atoms with Gasteiger partial charge in [0.15, 0.2) is 0 Å². The van der Waals surface area contributed by atoms with Gasteiger partial charge in [-0.15, -0.1) is 0 Å². The predicted molar refractivity (Wildman–Crippen MR) is 200 cm³/mol. The number of hydrogen-bond donors (Lipinski definition) is 1. The van der Waals surface area contributed by atoms with Gasteiger partial charge in [-0.25, -0.2) is 19.2 Å². The number of carbonyl (C=O) groups is 4. The van der Waals surface area contributed by atoms with E-state index in [0.29, 0.717) is 0 Å². The highest BCUT2D eigenvalue weighted by atomic mass is 16.6. The second kappa shape index (κ2) is 17.1. The van der Waals surface area contributed by atoms with Crippen molar-refractivity contribution in [3.63, 3.8) is 0 Å². The fourth-order valence-corrected chi connectivity index (χ4v) is 7.90. The number of rotatable bonds is 6. The SMILES string of the molecule is CC(C)(C)OC(=O)NC1C[C@H]2CC[C@@H](C1)N2C(=O)OCc1ccccc1.CN(C(=O)OC(C)(C)C)C1C[C@H]2CC[C@@H](C1)N2C(=O)OCc1ccccc1. The van der Waals surface area contributed by atoms with E-state index in [1.165, 1.54) is 0 Å². The Bertz CT molecular complexity index is 1510. The second-order valence-corrected chi connectivity index (χ2v) is 16.7. The highest BCUT2D eigenvalue weighted by molar-refractivity contribution is 5.71. The third-order valence-electron chi connectivity index (χ3n) is 10.2. The third-order valence-corrected chi connectivity index (χ3v) is 10.2. The lowest BCUT2D eigenvalue weighted by atomic mass is 9.97. The molecular weight excluding hydrogens is 676 g/mol. The molecule has 53 heavy (non-hydrogen) atoms. The van der Waals surface area contributed by atoms with Crippen LogP contribution in [0.25, 0.3) is 0 Å². The van der Waals surface area contributed by atoms with E-state index in [-0.39, 0.29) is 73.8 Å². The number of nitrogens with zero attached hydrogens (tertiary/aromatic N) is 3. The lowest BCUT2D eigenvalue weighted by Crippen LogP contribution is -2.53. The predicted octanol–water partition coefficient (Wildman–Crippen LogP) is 8.03. The zero-order chi connectivity index (χ0) is 38.3. The van der Waals surface area contributed by atoms with E-state index < -0.39 is 11.2 Å². The van der Waals surface area contributed by atoms with Crippen molar-refractivity contribution in [2.45, 2.75) is 154 Å². The van der Waals surface area contributed by atoms with Crippen molar-refractivity contribution in [2.75, 3.05) is 7.05 Å². The number of nitrogens with one attached hydrogen (secondary N) is 1. The first-order chi connectivity index (χ1) is 25.1. The van der Waals surface area contributed by atoms with Gasteiger partial charge >= 0.3 is 24.4 Å². The van der Waals surface area contributed by atoms with Crippen molar-refractivity contribution in [3.8, 4) is 0 Å². The Hall–Kier alpha value is -4.48. The molecule has 2 unspecified atom stereocenters. The molecule has 4 heterocycles. The van der Waals surface area contributed by atoms with Crippen LogP contribution in [0.15, 0.2) is 60.7 Å². The van der Waals surface area contributed by atoms with Crippen LogP contribution in [0.2, 0.25) is 0 Å². The van der Waals surface area contributed by atoms with Crippen LogP contribution in [0.5, 0.6) is 0 Å². The number of benzene rings is 2. The Morgan fingerprint density at radius 1 is 0.642 bits per heavy atom. The summed E-state index contributed by atoms with van der Waals surface area (Å²) in [5, 5.41) is 2.95. The largest absolute Gasteiger partial charge is 0.445 e. The van der Waals surface area contributed by atoms with Crippen molar-refractivity contribution < 1.29 is 38.1 Å². The van der Waals surface area contributed by atoms with E-state index in [2.05, 4.69) is 5.32 Å². The van der Waals surface area contributed by atoms with Crippen LogP contribution in [0.1, 0.15) is 104 Å². The normalized spacial score (nSPS) is 24.7. The van der Waals surface area contributed by atoms with Gasteiger partial charge < -0.3 is 39.0 Å². The van der Waals surface area contributed by atoms with Gasteiger partial charge in [-0.1, -0.05) is 60.7 Å². The van der Waals surface area contributed by atoms with E-state index in [9.17, 15) is 19.2 Å². The molecule has 1 N–H and O–H groups in total. The second-order valence-electron chi connectivity index (χ2n) is 16.7. The molecule has 0 aliphatic carbocycles. The highest BCUT2D eigenvalue weighted by Crippen LogP contribution is 2.39. The number of ether oxygens (including phenoxy) is 4. The van der Waals surface area contributed by atoms with Gasteiger partial charge in [-0.2, -0.15) is 0 Å². The molecule has 4 aliphatic heterocycles. The van der Waals surface area contributed by atoms with Crippen LogP contribution >= 0.6 is 0 Å². The number of alkyl carbamates (subject to hydrolysis) is 1. The summed E-state index contributed by atoms with van der Waals surface area (Å²) in [6, 6.07) is 20.0. The zero-order valence-electron chi connectivity index (χ0n) is 32.4. The van der Waals surface area contributed by atoms with Crippen LogP contribution in [-0.2, 0) is 32.2 Å². The Morgan fingerprint density at radius 2 is 1.04 bits per heavy atom. The van der Waals surface area contributed by atoms with E-state index in [1.54, 1.807) is 11.9 Å². The van der Waals surface area contributed by atoms with Crippen molar-refractivity contribution in [2.24, 2.45) is 0 Å². The molecular formula is C41H58N4O8. The molecule has 0 saturated carbocycles. The van der Waals surface area contributed by atoms with Crippen molar-refractivity contribution in [1.29, 1.82) is 0 Å². The number of piperidine rings is 2. The van der Waals surface area contributed by atoms with E-state index in [0.717, 1.165) is 62.5 Å². The van der Waals surface area contributed by atoms with Crippen LogP contribution in [0.4, 0.5) is 19.2 Å². The molecule has 0 aromatic heterocycles. The van der Waals surface area contributed by atoms with Crippen LogP contribution in [0, 0.1) is 0 Å². The lowest BCUT2D eigenvalue weighted by Gasteiger charge is -2.41. The molecule has 0 spiro atoms. The number of amides is 4. The summed E-state index contributed by atoms with van der Waals surface area (Å²) in [5.74, 6) is 0. The zero-order valence-corrected chi connectivity index (χ0v) is 32.4. The van der Waals surface area contributed by atoms with E-state index >= 15 is 0 Å². The van der Waals surface area contributed by atoms with Gasteiger partial charge in [0.25, 0.3) is 0 Å². The molecule has 12 heteroatoms. The molecule has 2 aromatic rings. The number of fused-ring (bicyclic) bond motifs is 4. The third kappa shape index (κ3) is 11.3. The number of carbonyl (C=O) groups excluding carboxylic acids is 4. The fourth-order valence-electron chi connectivity index (χ4n) is 7.90. The minimum absolute atomic E-state index is 0.0422. The highest BCUT2D eigenvalue weighted by Gasteiger charge is 2.47. The summed E-state index contributed by atoms with van der Waals surface area (Å²) >= 11 is 0. The first-order valence-electron chi connectivity index (χ1n) is 19.0. The van der Waals surface area contributed by atoms with Gasteiger partial charge in [0.05, 0.1) is 0 Å². The molecule has 0 radical (unpaired) electrons. The quantitative estimate of drug-likeness (QED) is 0.296. The van der Waals surface area contributed by atoms with Crippen LogP contribution in [0.3, 0.4) is 0 Å². The van der Waals surface area contributed by atoms with Crippen LogP contribution < -0.4 is 5.32 Å². The standard InChI is InChI=1S/C21H30N2O4.C20H28N2O4/c1-21(2,3)27-19(24)22(4)18-12-16-10-11-17(13-18)23(16)20(25)26-14-15-8-6-5-7-9-15;1-20(2,3)26-18(23)21-15-11-16-9-10-17(12-15)22(16)19(24)25-13-14-7-5-4-6-8-14/h5-9,16-18H,10-14H2,1-4H3;4-8,15-17H,9-13H2,1-3H3,(H,21,23)/t16-,17+,18?;15?,16-,17+. The Labute approximate surface area is 314 Å². The smallest absolute Gasteiger partial charge is 0.410 e. The van der Waals surface area contributed by atoms with Gasteiger partial charge in [0, 0.05) is 43.3 Å². The molecule has 4 amide bonds. The van der Waals surface area contributed by atoms with Gasteiger partial charge in [0.1, 0.15) is 24.4 Å². The Morgan fingerprint density at radius 3 is 1.43 bits per heavy atom. The number of hydrogen-bond acceptors (Lipinski definition) is 8. The first-order valence-corrected chi connectivity index (χ1v) is 19.0. The van der Waals surface area contributed by atoms with Gasteiger partial charge in [-0.05, 0) is 104 Å². The van der Waals surface area contributed by atoms with E-state index in [4.69, 9.17) is 18.9 Å². The Balaban J connectivity index is 0.000000204. The average molecular weight is 735 g/mol. The minimum atomic E-state index is -0.509. The Kier molecular flexibility index (Phi) is 12.8. The molecule has 4 saturated heterocycles. The monoisotopic (exact) mass is 734 g/mol. The van der Waals surface area contributed by atoms with Crippen LogP contribution in [-0.4, -0.2) is 93.6 Å². The summed E-state index contributed by atoms with van der Waals surface area (Å²) in [5.41, 5.74) is 0.949. The molecule has 4 aliphatic rings. The summed E-state index contributed by atoms with van der Waals surface area (Å²) in [6.07, 6.45) is 5.69.